The first kappa shape index (κ1) is 16.2. The van der Waals surface area contributed by atoms with Crippen LogP contribution in [0.3, 0.4) is 0 Å². The lowest BCUT2D eigenvalue weighted by molar-refractivity contribution is 0.0625. The Labute approximate surface area is 126 Å². The van der Waals surface area contributed by atoms with Crippen LogP contribution in [0.1, 0.15) is 36.5 Å². The number of hydrogen-bond donors (Lipinski definition) is 0. The lowest BCUT2D eigenvalue weighted by atomic mass is 10.0. The van der Waals surface area contributed by atoms with Gasteiger partial charge in [0.2, 0.25) is 0 Å². The summed E-state index contributed by atoms with van der Waals surface area (Å²) in [7, 11) is 0.701. The monoisotopic (exact) mass is 337 g/mol. The topological polar surface area (TPSA) is 54.5 Å². The lowest BCUT2D eigenvalue weighted by Crippen LogP contribution is -2.42. The van der Waals surface area contributed by atoms with Gasteiger partial charge >= 0.3 is 0 Å². The number of halogens is 3. The molecule has 0 bridgehead atoms. The quantitative estimate of drug-likeness (QED) is 0.780. The Morgan fingerprint density at radius 1 is 1.33 bits per heavy atom. The molecule has 1 aliphatic rings. The Kier molecular flexibility index (Phi) is 4.53. The van der Waals surface area contributed by atoms with E-state index in [9.17, 15) is 22.0 Å². The minimum Gasteiger partial charge on any atom is -0.336 e. The maximum absolute atomic E-state index is 14.2. The summed E-state index contributed by atoms with van der Waals surface area (Å²) in [5.74, 6) is -3.38. The second kappa shape index (κ2) is 5.88. The molecule has 1 fully saturated rings. The van der Waals surface area contributed by atoms with Crippen LogP contribution in [-0.2, 0) is 9.05 Å². The van der Waals surface area contributed by atoms with E-state index in [0.29, 0.717) is 12.6 Å². The molecule has 8 heteroatoms. The van der Waals surface area contributed by atoms with Crippen LogP contribution in [0.2, 0.25) is 0 Å². The molecule has 1 unspecified atom stereocenters. The highest BCUT2D eigenvalue weighted by Crippen LogP contribution is 2.27. The number of piperidine rings is 1. The highest BCUT2D eigenvalue weighted by molar-refractivity contribution is 8.13. The van der Waals surface area contributed by atoms with Gasteiger partial charge in [0.1, 0.15) is 16.3 Å². The molecule has 116 valence electrons. The molecular formula is C13H14ClF2NO3S. The van der Waals surface area contributed by atoms with Gasteiger partial charge in [0.05, 0.1) is 0 Å². The van der Waals surface area contributed by atoms with Crippen molar-refractivity contribution in [3.63, 3.8) is 0 Å². The first-order valence-electron chi connectivity index (χ1n) is 6.47. The van der Waals surface area contributed by atoms with Crippen molar-refractivity contribution in [2.75, 3.05) is 6.54 Å². The molecule has 0 radical (unpaired) electrons. The van der Waals surface area contributed by atoms with E-state index in [0.717, 1.165) is 25.3 Å². The van der Waals surface area contributed by atoms with Crippen LogP contribution in [0, 0.1) is 11.6 Å². The zero-order chi connectivity index (χ0) is 15.8. The van der Waals surface area contributed by atoms with Crippen molar-refractivity contribution in [1.29, 1.82) is 0 Å². The van der Waals surface area contributed by atoms with E-state index >= 15 is 0 Å². The standard InChI is InChI=1S/C13H14ClF2NO3S/c1-8-4-2-3-7-17(8)13(18)11-9(15)5-6-10(12(11)16)21(14,19)20/h5-6,8H,2-4,7H2,1H3. The number of carbonyl (C=O) groups excluding carboxylic acids is 1. The smallest absolute Gasteiger partial charge is 0.264 e. The Balaban J connectivity index is 2.50. The largest absolute Gasteiger partial charge is 0.336 e. The minimum absolute atomic E-state index is 0.152. The van der Waals surface area contributed by atoms with Gasteiger partial charge in [-0.05, 0) is 38.3 Å². The maximum atomic E-state index is 14.2. The van der Waals surface area contributed by atoms with Crippen LogP contribution in [0.4, 0.5) is 8.78 Å². The summed E-state index contributed by atoms with van der Waals surface area (Å²) in [6, 6.07) is 1.30. The van der Waals surface area contributed by atoms with Gasteiger partial charge in [0.15, 0.2) is 5.82 Å². The zero-order valence-corrected chi connectivity index (χ0v) is 12.8. The van der Waals surface area contributed by atoms with Gasteiger partial charge in [0, 0.05) is 23.3 Å². The average Bonchev–Trinajstić information content (AvgIpc) is 2.37. The first-order chi connectivity index (χ1) is 9.73. The Morgan fingerprint density at radius 2 is 2.00 bits per heavy atom. The van der Waals surface area contributed by atoms with E-state index in [-0.39, 0.29) is 6.04 Å². The van der Waals surface area contributed by atoms with Crippen molar-refractivity contribution in [2.45, 2.75) is 37.1 Å². The van der Waals surface area contributed by atoms with E-state index < -0.39 is 37.1 Å². The van der Waals surface area contributed by atoms with Gasteiger partial charge in [-0.2, -0.15) is 0 Å². The summed E-state index contributed by atoms with van der Waals surface area (Å²) in [6.07, 6.45) is 2.42. The fourth-order valence-corrected chi connectivity index (χ4v) is 3.37. The number of amides is 1. The fourth-order valence-electron chi connectivity index (χ4n) is 2.46. The number of rotatable bonds is 2. The second-order valence-electron chi connectivity index (χ2n) is 5.02. The van der Waals surface area contributed by atoms with E-state index in [1.165, 1.54) is 4.90 Å². The van der Waals surface area contributed by atoms with Crippen LogP contribution in [0.25, 0.3) is 0 Å². The van der Waals surface area contributed by atoms with Crippen molar-refractivity contribution >= 4 is 25.6 Å². The predicted octanol–water partition coefficient (Wildman–Crippen LogP) is 2.91. The summed E-state index contributed by atoms with van der Waals surface area (Å²) in [4.78, 5) is 12.8. The van der Waals surface area contributed by atoms with Crippen LogP contribution < -0.4 is 0 Å². The van der Waals surface area contributed by atoms with Crippen molar-refractivity contribution < 1.29 is 22.0 Å². The minimum atomic E-state index is -4.39. The molecule has 1 aromatic rings. The molecule has 1 saturated heterocycles. The Bertz CT molecular complexity index is 678. The highest BCUT2D eigenvalue weighted by Gasteiger charge is 2.31. The summed E-state index contributed by atoms with van der Waals surface area (Å²) >= 11 is 0. The number of carbonyl (C=O) groups is 1. The van der Waals surface area contributed by atoms with Gasteiger partial charge < -0.3 is 4.90 Å². The molecule has 0 saturated carbocycles. The molecule has 2 rings (SSSR count). The molecule has 0 spiro atoms. The Morgan fingerprint density at radius 3 is 2.57 bits per heavy atom. The third kappa shape index (κ3) is 3.18. The maximum Gasteiger partial charge on any atom is 0.264 e. The second-order valence-corrected chi connectivity index (χ2v) is 7.55. The molecule has 0 N–H and O–H groups in total. The van der Waals surface area contributed by atoms with Crippen molar-refractivity contribution in [3.05, 3.63) is 29.3 Å². The van der Waals surface area contributed by atoms with Crippen LogP contribution in [-0.4, -0.2) is 31.8 Å². The number of nitrogens with zero attached hydrogens (tertiary/aromatic N) is 1. The number of likely N-dealkylation sites (tertiary alicyclic amines) is 1. The third-order valence-electron chi connectivity index (χ3n) is 3.60. The highest BCUT2D eigenvalue weighted by atomic mass is 35.7. The van der Waals surface area contributed by atoms with Crippen LogP contribution in [0.15, 0.2) is 17.0 Å². The van der Waals surface area contributed by atoms with Crippen molar-refractivity contribution in [1.82, 2.24) is 4.90 Å². The van der Waals surface area contributed by atoms with Gasteiger partial charge in [0.25, 0.3) is 15.0 Å². The van der Waals surface area contributed by atoms with E-state index in [4.69, 9.17) is 10.7 Å². The molecule has 1 amide bonds. The fraction of sp³-hybridized carbons (Fsp3) is 0.462. The van der Waals surface area contributed by atoms with Gasteiger partial charge in [-0.3, -0.25) is 4.79 Å². The molecule has 1 atom stereocenters. The molecule has 1 aromatic carbocycles. The molecule has 1 aliphatic heterocycles. The summed E-state index contributed by atoms with van der Waals surface area (Å²) < 4.78 is 50.6. The van der Waals surface area contributed by atoms with E-state index in [1.54, 1.807) is 6.92 Å². The number of benzene rings is 1. The summed E-state index contributed by atoms with van der Waals surface area (Å²) in [5.41, 5.74) is -0.870. The zero-order valence-electron chi connectivity index (χ0n) is 11.3. The van der Waals surface area contributed by atoms with E-state index in [1.807, 2.05) is 0 Å². The predicted molar refractivity (Wildman–Crippen MR) is 73.7 cm³/mol. The van der Waals surface area contributed by atoms with Crippen LogP contribution in [0.5, 0.6) is 0 Å². The van der Waals surface area contributed by atoms with Gasteiger partial charge in [-0.1, -0.05) is 0 Å². The molecular weight excluding hydrogens is 324 g/mol. The lowest BCUT2D eigenvalue weighted by Gasteiger charge is -2.33. The average molecular weight is 338 g/mol. The third-order valence-corrected chi connectivity index (χ3v) is 4.94. The van der Waals surface area contributed by atoms with E-state index in [2.05, 4.69) is 0 Å². The molecule has 0 aliphatic carbocycles. The number of hydrogen-bond acceptors (Lipinski definition) is 3. The normalized spacial score (nSPS) is 19.6. The molecule has 21 heavy (non-hydrogen) atoms. The van der Waals surface area contributed by atoms with Crippen molar-refractivity contribution in [3.8, 4) is 0 Å². The molecule has 1 heterocycles. The van der Waals surface area contributed by atoms with Gasteiger partial charge in [-0.25, -0.2) is 17.2 Å². The van der Waals surface area contributed by atoms with Gasteiger partial charge in [-0.15, -0.1) is 0 Å². The molecule has 0 aromatic heterocycles. The molecule has 4 nitrogen and oxygen atoms in total. The summed E-state index contributed by atoms with van der Waals surface area (Å²) in [5, 5.41) is 0. The van der Waals surface area contributed by atoms with Crippen molar-refractivity contribution in [2.24, 2.45) is 0 Å². The Hall–Kier alpha value is -1.21. The first-order valence-corrected chi connectivity index (χ1v) is 8.78. The summed E-state index contributed by atoms with van der Waals surface area (Å²) in [6.45, 7) is 2.17. The SMILES string of the molecule is CC1CCCCN1C(=O)c1c(F)ccc(S(=O)(=O)Cl)c1F. The van der Waals surface area contributed by atoms with Crippen LogP contribution >= 0.6 is 10.7 Å².